The van der Waals surface area contributed by atoms with E-state index in [-0.39, 0.29) is 39.5 Å². The molecule has 4 heteroatoms. The zero-order valence-corrected chi connectivity index (χ0v) is 18.9. The Morgan fingerprint density at radius 2 is 1.69 bits per heavy atom. The Bertz CT molecular complexity index is 752. The quantitative estimate of drug-likeness (QED) is 0.435. The Morgan fingerprint density at radius 1 is 1.00 bits per heavy atom. The van der Waals surface area contributed by atoms with E-state index >= 15 is 0 Å². The number of esters is 1. The number of rotatable bonds is 1. The minimum atomic E-state index is -0.360. The van der Waals surface area contributed by atoms with E-state index in [4.69, 9.17) is 14.2 Å². The molecular formula is C25H38O4. The average Bonchev–Trinajstić information content (AvgIpc) is 3.23. The Hall–Kier alpha value is -0.870. The molecule has 29 heavy (non-hydrogen) atoms. The van der Waals surface area contributed by atoms with Crippen LogP contribution >= 0.6 is 0 Å². The molecule has 1 spiro atoms. The molecule has 4 nitrogen and oxygen atoms in total. The fraction of sp³-hybridized carbons (Fsp3) is 0.880. The number of ether oxygens (including phenoxy) is 3. The van der Waals surface area contributed by atoms with Gasteiger partial charge in [-0.15, -0.1) is 0 Å². The highest BCUT2D eigenvalue weighted by atomic mass is 16.7. The molecule has 1 saturated heterocycles. The monoisotopic (exact) mass is 402 g/mol. The lowest BCUT2D eigenvalue weighted by Gasteiger charge is -2.68. The van der Waals surface area contributed by atoms with Crippen molar-refractivity contribution in [3.05, 3.63) is 11.6 Å². The molecule has 0 aromatic carbocycles. The molecule has 3 saturated carbocycles. The van der Waals surface area contributed by atoms with E-state index in [1.807, 2.05) is 0 Å². The van der Waals surface area contributed by atoms with Gasteiger partial charge in [0.25, 0.3) is 0 Å². The van der Waals surface area contributed by atoms with Crippen LogP contribution in [0.4, 0.5) is 0 Å². The third-order valence-electron chi connectivity index (χ3n) is 10.8. The standard InChI is InChI=1S/C25H38O4/c1-17(26)29-19-8-9-21(2)18(16-19)6-7-20-22(21,3)10-12-24(5)23(20,4)11-13-25(24)27-14-15-28-25/h6,19-20H,7-16H2,1-5H3/t19-,20?,21-,22-,23-,24-/m0/s1. The SMILES string of the molecule is CC(=O)O[C@H]1CC[C@@]2(C)C(=CCC3[C@]2(C)CC[C@]2(C)C4(CC[C@@]32C)OCCO4)C1. The first kappa shape index (κ1) is 20.1. The summed E-state index contributed by atoms with van der Waals surface area (Å²) in [5.74, 6) is 0.133. The van der Waals surface area contributed by atoms with Gasteiger partial charge in [0.1, 0.15) is 6.10 Å². The van der Waals surface area contributed by atoms with Crippen molar-refractivity contribution in [2.24, 2.45) is 27.6 Å². The van der Waals surface area contributed by atoms with Crippen molar-refractivity contribution < 1.29 is 19.0 Å². The van der Waals surface area contributed by atoms with E-state index < -0.39 is 0 Å². The van der Waals surface area contributed by atoms with Gasteiger partial charge in [0.05, 0.1) is 13.2 Å². The van der Waals surface area contributed by atoms with E-state index in [2.05, 4.69) is 33.8 Å². The molecule has 162 valence electrons. The van der Waals surface area contributed by atoms with E-state index in [9.17, 15) is 4.79 Å². The van der Waals surface area contributed by atoms with Crippen LogP contribution in [0.2, 0.25) is 0 Å². The zero-order chi connectivity index (χ0) is 20.7. The number of allylic oxidation sites excluding steroid dienone is 1. The summed E-state index contributed by atoms with van der Waals surface area (Å²) in [6, 6.07) is 0. The number of hydrogen-bond acceptors (Lipinski definition) is 4. The van der Waals surface area contributed by atoms with Crippen LogP contribution in [0.25, 0.3) is 0 Å². The van der Waals surface area contributed by atoms with Gasteiger partial charge in [-0.1, -0.05) is 39.3 Å². The molecule has 0 N–H and O–H groups in total. The second-order valence-corrected chi connectivity index (χ2v) is 11.4. The average molecular weight is 403 g/mol. The molecule has 4 aliphatic carbocycles. The van der Waals surface area contributed by atoms with Crippen LogP contribution in [0.3, 0.4) is 0 Å². The van der Waals surface area contributed by atoms with Crippen molar-refractivity contribution in [1.29, 1.82) is 0 Å². The van der Waals surface area contributed by atoms with Crippen LogP contribution < -0.4 is 0 Å². The molecule has 5 rings (SSSR count). The molecular weight excluding hydrogens is 364 g/mol. The second kappa shape index (κ2) is 6.09. The van der Waals surface area contributed by atoms with Crippen LogP contribution in [0.5, 0.6) is 0 Å². The van der Waals surface area contributed by atoms with Gasteiger partial charge in [0.2, 0.25) is 0 Å². The molecule has 0 aromatic rings. The number of carbonyl (C=O) groups excluding carboxylic acids is 1. The fourth-order valence-electron chi connectivity index (χ4n) is 8.67. The summed E-state index contributed by atoms with van der Waals surface area (Å²) in [6.45, 7) is 13.1. The highest BCUT2D eigenvalue weighted by Crippen LogP contribution is 2.77. The Morgan fingerprint density at radius 3 is 2.38 bits per heavy atom. The van der Waals surface area contributed by atoms with Crippen molar-refractivity contribution in [1.82, 2.24) is 0 Å². The first-order chi connectivity index (χ1) is 13.6. The van der Waals surface area contributed by atoms with Crippen molar-refractivity contribution in [3.63, 3.8) is 0 Å². The second-order valence-electron chi connectivity index (χ2n) is 11.4. The van der Waals surface area contributed by atoms with Gasteiger partial charge in [0.15, 0.2) is 5.79 Å². The molecule has 4 fully saturated rings. The highest BCUT2D eigenvalue weighted by Gasteiger charge is 2.74. The molecule has 6 atom stereocenters. The van der Waals surface area contributed by atoms with E-state index in [0.717, 1.165) is 45.3 Å². The highest BCUT2D eigenvalue weighted by molar-refractivity contribution is 5.66. The lowest BCUT2D eigenvalue weighted by Crippen LogP contribution is -2.63. The third kappa shape index (κ3) is 2.31. The third-order valence-corrected chi connectivity index (χ3v) is 10.8. The summed E-state index contributed by atoms with van der Waals surface area (Å²) >= 11 is 0. The van der Waals surface area contributed by atoms with Crippen LogP contribution in [0, 0.1) is 27.6 Å². The molecule has 1 aliphatic heterocycles. The van der Waals surface area contributed by atoms with Crippen molar-refractivity contribution in [3.8, 4) is 0 Å². The molecule has 1 heterocycles. The lowest BCUT2D eigenvalue weighted by atomic mass is 9.37. The fourth-order valence-corrected chi connectivity index (χ4v) is 8.67. The van der Waals surface area contributed by atoms with Gasteiger partial charge in [-0.3, -0.25) is 4.79 Å². The largest absolute Gasteiger partial charge is 0.462 e. The topological polar surface area (TPSA) is 44.8 Å². The van der Waals surface area contributed by atoms with E-state index in [1.54, 1.807) is 5.57 Å². The van der Waals surface area contributed by atoms with Gasteiger partial charge in [-0.05, 0) is 60.7 Å². The summed E-state index contributed by atoms with van der Waals surface area (Å²) in [5.41, 5.74) is 2.32. The summed E-state index contributed by atoms with van der Waals surface area (Å²) in [6.07, 6.45) is 11.4. The molecule has 0 aromatic heterocycles. The lowest BCUT2D eigenvalue weighted by molar-refractivity contribution is -0.271. The first-order valence-electron chi connectivity index (χ1n) is 11.7. The van der Waals surface area contributed by atoms with E-state index in [1.165, 1.54) is 26.2 Å². The predicted octanol–water partition coefficient (Wildman–Crippen LogP) is 5.40. The molecule has 0 bridgehead atoms. The zero-order valence-electron chi connectivity index (χ0n) is 18.9. The number of fused-ring (bicyclic) bond motifs is 6. The van der Waals surface area contributed by atoms with Crippen molar-refractivity contribution in [2.45, 2.75) is 97.9 Å². The predicted molar refractivity (Wildman–Crippen MR) is 111 cm³/mol. The van der Waals surface area contributed by atoms with Gasteiger partial charge >= 0.3 is 5.97 Å². The summed E-state index contributed by atoms with van der Waals surface area (Å²) < 4.78 is 18.3. The van der Waals surface area contributed by atoms with Crippen molar-refractivity contribution in [2.75, 3.05) is 13.2 Å². The first-order valence-corrected chi connectivity index (χ1v) is 11.7. The van der Waals surface area contributed by atoms with E-state index in [0.29, 0.717) is 5.92 Å². The smallest absolute Gasteiger partial charge is 0.302 e. The van der Waals surface area contributed by atoms with Gasteiger partial charge < -0.3 is 14.2 Å². The minimum Gasteiger partial charge on any atom is -0.462 e. The maximum Gasteiger partial charge on any atom is 0.302 e. The van der Waals surface area contributed by atoms with Gasteiger partial charge in [-0.25, -0.2) is 0 Å². The minimum absolute atomic E-state index is 0.0615. The summed E-state index contributed by atoms with van der Waals surface area (Å²) in [5, 5.41) is 0. The summed E-state index contributed by atoms with van der Waals surface area (Å²) in [4.78, 5) is 11.5. The maximum absolute atomic E-state index is 11.5. The molecule has 1 unspecified atom stereocenters. The van der Waals surface area contributed by atoms with Crippen molar-refractivity contribution >= 4 is 5.97 Å². The molecule has 5 aliphatic rings. The Labute approximate surface area is 175 Å². The Balaban J connectivity index is 1.51. The summed E-state index contributed by atoms with van der Waals surface area (Å²) in [7, 11) is 0. The Kier molecular flexibility index (Phi) is 4.22. The van der Waals surface area contributed by atoms with Gasteiger partial charge in [0, 0.05) is 25.2 Å². The van der Waals surface area contributed by atoms with Gasteiger partial charge in [-0.2, -0.15) is 0 Å². The maximum atomic E-state index is 11.5. The number of carbonyl (C=O) groups is 1. The van der Waals surface area contributed by atoms with Crippen LogP contribution in [0.1, 0.15) is 86.0 Å². The molecule has 0 amide bonds. The number of hydrogen-bond donors (Lipinski definition) is 0. The van der Waals surface area contributed by atoms with Crippen LogP contribution in [-0.2, 0) is 19.0 Å². The van der Waals surface area contributed by atoms with Crippen LogP contribution in [0.15, 0.2) is 11.6 Å². The van der Waals surface area contributed by atoms with Crippen LogP contribution in [-0.4, -0.2) is 31.1 Å². The normalized spacial score (nSPS) is 50.4. The molecule has 0 radical (unpaired) electrons.